The first kappa shape index (κ1) is 20.0. The van der Waals surface area contributed by atoms with Gasteiger partial charge in [0.1, 0.15) is 0 Å². The lowest BCUT2D eigenvalue weighted by Crippen LogP contribution is -2.29. The maximum Gasteiger partial charge on any atom is 0.442 e. The molecular formula is C16H8F9N3. The zero-order valence-electron chi connectivity index (χ0n) is 13.3. The normalized spacial score (nSPS) is 16.2. The molecule has 0 amide bonds. The van der Waals surface area contributed by atoms with Crippen molar-refractivity contribution in [1.29, 1.82) is 0 Å². The van der Waals surface area contributed by atoms with Crippen LogP contribution in [0.5, 0.6) is 0 Å². The van der Waals surface area contributed by atoms with Crippen molar-refractivity contribution in [2.75, 3.05) is 5.32 Å². The van der Waals surface area contributed by atoms with Crippen LogP contribution in [0.4, 0.5) is 50.9 Å². The van der Waals surface area contributed by atoms with Crippen molar-refractivity contribution in [3.8, 4) is 0 Å². The first-order chi connectivity index (χ1) is 12.7. The lowest BCUT2D eigenvalue weighted by Gasteiger charge is -2.17. The quantitative estimate of drug-likeness (QED) is 0.562. The Labute approximate surface area is 150 Å². The molecule has 2 aromatic carbocycles. The van der Waals surface area contributed by atoms with E-state index in [1.165, 1.54) is 0 Å². The van der Waals surface area contributed by atoms with Gasteiger partial charge in [0.05, 0.1) is 11.1 Å². The zero-order valence-corrected chi connectivity index (χ0v) is 13.3. The average Bonchev–Trinajstić information content (AvgIpc) is 3.35. The molecule has 0 saturated heterocycles. The smallest absolute Gasteiger partial charge is 0.356 e. The molecule has 0 bridgehead atoms. The van der Waals surface area contributed by atoms with Crippen molar-refractivity contribution in [1.82, 2.24) is 0 Å². The predicted octanol–water partition coefficient (Wildman–Crippen LogP) is 6.65. The summed E-state index contributed by atoms with van der Waals surface area (Å²) in [6, 6.07) is 5.00. The van der Waals surface area contributed by atoms with Crippen molar-refractivity contribution in [2.24, 2.45) is 10.2 Å². The monoisotopic (exact) mass is 413 g/mol. The van der Waals surface area contributed by atoms with Crippen LogP contribution in [0.2, 0.25) is 0 Å². The summed E-state index contributed by atoms with van der Waals surface area (Å²) in [4.78, 5) is 0. The Hall–Kier alpha value is -2.79. The van der Waals surface area contributed by atoms with Crippen LogP contribution in [0.3, 0.4) is 0 Å². The summed E-state index contributed by atoms with van der Waals surface area (Å²) in [5.74, 6) is 0. The van der Waals surface area contributed by atoms with Crippen LogP contribution in [0.15, 0.2) is 52.7 Å². The topological polar surface area (TPSA) is 36.8 Å². The third-order valence-corrected chi connectivity index (χ3v) is 3.86. The summed E-state index contributed by atoms with van der Waals surface area (Å²) in [5, 5.41) is 8.32. The lowest BCUT2D eigenvalue weighted by atomic mass is 10.0. The van der Waals surface area contributed by atoms with Gasteiger partial charge in [-0.05, 0) is 30.3 Å². The Kier molecular flexibility index (Phi) is 4.35. The van der Waals surface area contributed by atoms with Gasteiger partial charge < -0.3 is 5.32 Å². The molecule has 1 N–H and O–H groups in total. The van der Waals surface area contributed by atoms with Gasteiger partial charge in [0.15, 0.2) is 0 Å². The Balaban J connectivity index is 1.90. The highest BCUT2D eigenvalue weighted by atomic mass is 19.4. The maximum atomic E-state index is 12.9. The number of nitrogens with zero attached hydrogens (tertiary/aromatic N) is 2. The van der Waals surface area contributed by atoms with Gasteiger partial charge in [0.25, 0.3) is 0 Å². The molecule has 0 aliphatic carbocycles. The number of nitrogens with one attached hydrogen (secondary N) is 1. The van der Waals surface area contributed by atoms with E-state index in [0.29, 0.717) is 12.1 Å². The minimum atomic E-state index is -5.02. The van der Waals surface area contributed by atoms with Crippen LogP contribution in [0.1, 0.15) is 16.7 Å². The number of anilines is 2. The van der Waals surface area contributed by atoms with Crippen LogP contribution < -0.4 is 5.32 Å². The molecule has 0 radical (unpaired) electrons. The Morgan fingerprint density at radius 1 is 0.643 bits per heavy atom. The van der Waals surface area contributed by atoms with E-state index in [4.69, 9.17) is 0 Å². The summed E-state index contributed by atoms with van der Waals surface area (Å²) < 4.78 is 116. The number of benzene rings is 2. The largest absolute Gasteiger partial charge is 0.442 e. The second-order valence-electron chi connectivity index (χ2n) is 5.87. The highest BCUT2D eigenvalue weighted by Crippen LogP contribution is 2.52. The van der Waals surface area contributed by atoms with Gasteiger partial charge >= 0.3 is 24.2 Å². The molecule has 0 atom stereocenters. The van der Waals surface area contributed by atoms with E-state index in [0.717, 1.165) is 24.3 Å². The van der Waals surface area contributed by atoms with E-state index in [2.05, 4.69) is 15.5 Å². The Morgan fingerprint density at radius 2 is 1.11 bits per heavy atom. The number of alkyl halides is 9. The van der Waals surface area contributed by atoms with Gasteiger partial charge in [-0.15, -0.1) is 10.2 Å². The highest BCUT2D eigenvalue weighted by Gasteiger charge is 2.65. The second kappa shape index (κ2) is 6.11. The summed E-state index contributed by atoms with van der Waals surface area (Å²) in [6.07, 6.45) is -14.8. The first-order valence-electron chi connectivity index (χ1n) is 7.40. The molecule has 28 heavy (non-hydrogen) atoms. The van der Waals surface area contributed by atoms with Crippen LogP contribution in [-0.2, 0) is 18.0 Å². The van der Waals surface area contributed by atoms with E-state index >= 15 is 0 Å². The minimum absolute atomic E-state index is 0.0193. The number of hydrogen-bond donors (Lipinski definition) is 1. The van der Waals surface area contributed by atoms with Crippen LogP contribution >= 0.6 is 0 Å². The Bertz CT molecular complexity index is 871. The maximum absolute atomic E-state index is 12.9. The van der Waals surface area contributed by atoms with E-state index in [-0.39, 0.29) is 17.3 Å². The van der Waals surface area contributed by atoms with Crippen molar-refractivity contribution >= 4 is 11.4 Å². The van der Waals surface area contributed by atoms with Crippen molar-refractivity contribution in [3.63, 3.8) is 0 Å². The van der Waals surface area contributed by atoms with Gasteiger partial charge in [0, 0.05) is 16.9 Å². The fourth-order valence-corrected chi connectivity index (χ4v) is 2.42. The van der Waals surface area contributed by atoms with Crippen LogP contribution in [0.25, 0.3) is 0 Å². The fraction of sp³-hybridized carbons (Fsp3) is 0.250. The van der Waals surface area contributed by atoms with Crippen LogP contribution in [-0.4, -0.2) is 6.18 Å². The zero-order chi connectivity index (χ0) is 21.0. The molecule has 1 aliphatic rings. The predicted molar refractivity (Wildman–Crippen MR) is 78.8 cm³/mol. The summed E-state index contributed by atoms with van der Waals surface area (Å²) in [7, 11) is 0. The molecular weight excluding hydrogens is 405 g/mol. The lowest BCUT2D eigenvalue weighted by molar-refractivity contribution is -0.166. The van der Waals surface area contributed by atoms with E-state index in [9.17, 15) is 39.5 Å². The molecule has 12 heteroatoms. The van der Waals surface area contributed by atoms with Crippen molar-refractivity contribution in [3.05, 3.63) is 59.2 Å². The van der Waals surface area contributed by atoms with Gasteiger partial charge in [-0.2, -0.15) is 39.5 Å². The Morgan fingerprint density at radius 3 is 1.46 bits per heavy atom. The van der Waals surface area contributed by atoms with Gasteiger partial charge in [-0.25, -0.2) is 0 Å². The number of hydrogen-bond acceptors (Lipinski definition) is 3. The molecule has 0 fully saturated rings. The minimum Gasteiger partial charge on any atom is -0.356 e. The molecule has 0 saturated carbocycles. The van der Waals surface area contributed by atoms with Gasteiger partial charge in [-0.1, -0.05) is 12.1 Å². The summed E-state index contributed by atoms with van der Waals surface area (Å²) in [6.45, 7) is 0. The molecule has 150 valence electrons. The number of rotatable bonds is 3. The average molecular weight is 413 g/mol. The molecule has 1 heterocycles. The molecule has 0 unspecified atom stereocenters. The number of halogens is 9. The first-order valence-corrected chi connectivity index (χ1v) is 7.40. The van der Waals surface area contributed by atoms with E-state index < -0.39 is 41.0 Å². The van der Waals surface area contributed by atoms with Crippen LogP contribution in [0, 0.1) is 0 Å². The molecule has 1 aliphatic heterocycles. The molecule has 3 nitrogen and oxygen atoms in total. The second-order valence-corrected chi connectivity index (χ2v) is 5.87. The third kappa shape index (κ3) is 3.76. The summed E-state index contributed by atoms with van der Waals surface area (Å²) >= 11 is 0. The molecule has 0 spiro atoms. The standard InChI is InChI=1S/C16H8F9N3/c17-14(18,19)9-5-10(15(20,21)22)7-12(6-9)26-11-3-1-8(2-4-11)13(27-28-13)16(23,24)25/h1-7,26H. The highest BCUT2D eigenvalue weighted by molar-refractivity contribution is 5.62. The van der Waals surface area contributed by atoms with Gasteiger partial charge in [-0.3, -0.25) is 0 Å². The van der Waals surface area contributed by atoms with Crippen molar-refractivity contribution in [2.45, 2.75) is 24.2 Å². The molecule has 0 aromatic heterocycles. The van der Waals surface area contributed by atoms with E-state index in [1.807, 2.05) is 0 Å². The summed E-state index contributed by atoms with van der Waals surface area (Å²) in [5.41, 5.74) is -6.59. The molecule has 2 aromatic rings. The van der Waals surface area contributed by atoms with E-state index in [1.54, 1.807) is 0 Å². The molecule has 3 rings (SSSR count). The fourth-order valence-electron chi connectivity index (χ4n) is 2.42. The van der Waals surface area contributed by atoms with Gasteiger partial charge in [0.2, 0.25) is 0 Å². The van der Waals surface area contributed by atoms with Crippen molar-refractivity contribution < 1.29 is 39.5 Å². The third-order valence-electron chi connectivity index (χ3n) is 3.86. The SMILES string of the molecule is FC(F)(F)c1cc(Nc2ccc(C3(C(F)(F)F)N=N3)cc2)cc(C(F)(F)F)c1.